The predicted octanol–water partition coefficient (Wildman–Crippen LogP) is 3.99. The normalized spacial score (nSPS) is 10.1. The molecule has 0 amide bonds. The molecule has 2 aromatic rings. The summed E-state index contributed by atoms with van der Waals surface area (Å²) in [7, 11) is 1.83. The number of anilines is 1. The number of nitrogens with one attached hydrogen (secondary N) is 1. The summed E-state index contributed by atoms with van der Waals surface area (Å²) in [6.45, 7) is 2.01. The van der Waals surface area contributed by atoms with Gasteiger partial charge < -0.3 is 10.1 Å². The Kier molecular flexibility index (Phi) is 3.64. The van der Waals surface area contributed by atoms with Gasteiger partial charge in [0.05, 0.1) is 0 Å². The average molecular weight is 293 g/mol. The Hall–Kier alpha value is -1.55. The quantitative estimate of drug-likeness (QED) is 0.929. The first kappa shape index (κ1) is 11.9. The third-order valence-corrected chi connectivity index (χ3v) is 2.85. The summed E-state index contributed by atoms with van der Waals surface area (Å²) in [6, 6.07) is 9.63. The smallest absolute Gasteiger partial charge is 0.132 e. The van der Waals surface area contributed by atoms with Crippen molar-refractivity contribution in [2.45, 2.75) is 6.92 Å². The van der Waals surface area contributed by atoms with E-state index in [4.69, 9.17) is 4.74 Å². The van der Waals surface area contributed by atoms with Gasteiger partial charge in [0.15, 0.2) is 0 Å². The molecule has 1 N–H and O–H groups in total. The maximum Gasteiger partial charge on any atom is 0.132 e. The highest BCUT2D eigenvalue weighted by Gasteiger charge is 2.02. The number of benzene rings is 1. The van der Waals surface area contributed by atoms with Crippen LogP contribution in [0.25, 0.3) is 0 Å². The zero-order valence-corrected chi connectivity index (χ0v) is 11.3. The summed E-state index contributed by atoms with van der Waals surface area (Å²) in [4.78, 5) is 4.14. The van der Waals surface area contributed by atoms with Crippen molar-refractivity contribution in [3.05, 3.63) is 46.6 Å². The van der Waals surface area contributed by atoms with Crippen LogP contribution in [0.5, 0.6) is 11.5 Å². The van der Waals surface area contributed by atoms with E-state index in [1.165, 1.54) is 0 Å². The van der Waals surface area contributed by atoms with Crippen LogP contribution in [-0.2, 0) is 0 Å². The van der Waals surface area contributed by atoms with E-state index < -0.39 is 0 Å². The topological polar surface area (TPSA) is 34.1 Å². The molecular formula is C13H13BrN2O. The molecule has 88 valence electrons. The third-order valence-electron chi connectivity index (χ3n) is 2.35. The van der Waals surface area contributed by atoms with Gasteiger partial charge in [-0.3, -0.25) is 0 Å². The molecular weight excluding hydrogens is 280 g/mol. The first-order chi connectivity index (χ1) is 8.19. The summed E-state index contributed by atoms with van der Waals surface area (Å²) in [5, 5.41) is 2.98. The van der Waals surface area contributed by atoms with Crippen molar-refractivity contribution in [2.24, 2.45) is 0 Å². The van der Waals surface area contributed by atoms with Gasteiger partial charge in [-0.2, -0.15) is 0 Å². The number of hydrogen-bond donors (Lipinski definition) is 1. The second-order valence-corrected chi connectivity index (χ2v) is 4.55. The Morgan fingerprint density at radius 3 is 2.76 bits per heavy atom. The van der Waals surface area contributed by atoms with E-state index in [-0.39, 0.29) is 0 Å². The van der Waals surface area contributed by atoms with E-state index in [1.807, 2.05) is 44.3 Å². The highest BCUT2D eigenvalue weighted by atomic mass is 79.9. The monoisotopic (exact) mass is 292 g/mol. The number of nitrogens with zero attached hydrogens (tertiary/aromatic N) is 1. The van der Waals surface area contributed by atoms with Crippen molar-refractivity contribution in [2.75, 3.05) is 12.4 Å². The van der Waals surface area contributed by atoms with Crippen molar-refractivity contribution in [1.29, 1.82) is 0 Å². The molecule has 0 unspecified atom stereocenters. The van der Waals surface area contributed by atoms with Crippen LogP contribution in [0.1, 0.15) is 5.56 Å². The largest absolute Gasteiger partial charge is 0.457 e. The summed E-state index contributed by atoms with van der Waals surface area (Å²) in [6.07, 6.45) is 1.72. The Bertz CT molecular complexity index is 529. The zero-order chi connectivity index (χ0) is 12.3. The molecule has 0 saturated carbocycles. The van der Waals surface area contributed by atoms with Crippen LogP contribution in [-0.4, -0.2) is 12.0 Å². The highest BCUT2D eigenvalue weighted by molar-refractivity contribution is 9.10. The van der Waals surface area contributed by atoms with E-state index in [2.05, 4.69) is 26.2 Å². The number of aromatic nitrogens is 1. The Morgan fingerprint density at radius 2 is 2.06 bits per heavy atom. The van der Waals surface area contributed by atoms with Gasteiger partial charge in [-0.25, -0.2) is 4.98 Å². The molecule has 1 aromatic carbocycles. The molecule has 0 aliphatic rings. The predicted molar refractivity (Wildman–Crippen MR) is 72.7 cm³/mol. The minimum Gasteiger partial charge on any atom is -0.457 e. The second kappa shape index (κ2) is 5.19. The second-order valence-electron chi connectivity index (χ2n) is 3.64. The van der Waals surface area contributed by atoms with Crippen LogP contribution in [0.3, 0.4) is 0 Å². The molecule has 0 bridgehead atoms. The molecule has 0 aliphatic heterocycles. The summed E-state index contributed by atoms with van der Waals surface area (Å²) >= 11 is 3.43. The maximum absolute atomic E-state index is 5.81. The SMILES string of the molecule is CNc1cc(Oc2ccc(Br)cc2C)ccn1. The highest BCUT2D eigenvalue weighted by Crippen LogP contribution is 2.27. The van der Waals surface area contributed by atoms with Crippen molar-refractivity contribution in [3.63, 3.8) is 0 Å². The van der Waals surface area contributed by atoms with Crippen molar-refractivity contribution < 1.29 is 4.74 Å². The number of hydrogen-bond acceptors (Lipinski definition) is 3. The lowest BCUT2D eigenvalue weighted by Gasteiger charge is -2.09. The van der Waals surface area contributed by atoms with E-state index in [0.717, 1.165) is 27.4 Å². The fourth-order valence-electron chi connectivity index (χ4n) is 1.47. The maximum atomic E-state index is 5.81. The summed E-state index contributed by atoms with van der Waals surface area (Å²) < 4.78 is 6.85. The minimum absolute atomic E-state index is 0.773. The van der Waals surface area contributed by atoms with Crippen LogP contribution < -0.4 is 10.1 Å². The summed E-state index contributed by atoms with van der Waals surface area (Å²) in [5.41, 5.74) is 1.09. The van der Waals surface area contributed by atoms with Gasteiger partial charge >= 0.3 is 0 Å². The number of pyridine rings is 1. The molecule has 4 heteroatoms. The Balaban J connectivity index is 2.25. The van der Waals surface area contributed by atoms with Gasteiger partial charge in [0.25, 0.3) is 0 Å². The lowest BCUT2D eigenvalue weighted by molar-refractivity contribution is 0.478. The van der Waals surface area contributed by atoms with Crippen molar-refractivity contribution in [3.8, 4) is 11.5 Å². The Morgan fingerprint density at radius 1 is 1.24 bits per heavy atom. The third kappa shape index (κ3) is 2.97. The van der Waals surface area contributed by atoms with Gasteiger partial charge in [0, 0.05) is 23.8 Å². The van der Waals surface area contributed by atoms with E-state index >= 15 is 0 Å². The lowest BCUT2D eigenvalue weighted by atomic mass is 10.2. The number of ether oxygens (including phenoxy) is 1. The van der Waals surface area contributed by atoms with Gasteiger partial charge in [0.1, 0.15) is 17.3 Å². The molecule has 0 aliphatic carbocycles. The molecule has 0 saturated heterocycles. The van der Waals surface area contributed by atoms with Crippen LogP contribution >= 0.6 is 15.9 Å². The number of aryl methyl sites for hydroxylation is 1. The lowest BCUT2D eigenvalue weighted by Crippen LogP contribution is -1.93. The first-order valence-electron chi connectivity index (χ1n) is 5.27. The van der Waals surface area contributed by atoms with E-state index in [1.54, 1.807) is 6.20 Å². The van der Waals surface area contributed by atoms with Crippen molar-refractivity contribution >= 4 is 21.7 Å². The molecule has 1 heterocycles. The average Bonchev–Trinajstić information content (AvgIpc) is 2.33. The fraction of sp³-hybridized carbons (Fsp3) is 0.154. The van der Waals surface area contributed by atoms with Gasteiger partial charge in [-0.15, -0.1) is 0 Å². The molecule has 0 fully saturated rings. The van der Waals surface area contributed by atoms with Crippen LogP contribution in [0, 0.1) is 6.92 Å². The number of rotatable bonds is 3. The zero-order valence-electron chi connectivity index (χ0n) is 9.70. The molecule has 3 nitrogen and oxygen atoms in total. The Labute approximate surface area is 109 Å². The molecule has 2 rings (SSSR count). The standard InChI is InChI=1S/C13H13BrN2O/c1-9-7-10(14)3-4-12(9)17-11-5-6-16-13(8-11)15-2/h3-8H,1-2H3,(H,15,16). The van der Waals surface area contributed by atoms with Crippen molar-refractivity contribution in [1.82, 2.24) is 4.98 Å². The fourth-order valence-corrected chi connectivity index (χ4v) is 1.94. The van der Waals surface area contributed by atoms with Gasteiger partial charge in [-0.05, 0) is 36.8 Å². The number of halogens is 1. The van der Waals surface area contributed by atoms with Crippen LogP contribution in [0.15, 0.2) is 41.0 Å². The van der Waals surface area contributed by atoms with Gasteiger partial charge in [0.2, 0.25) is 0 Å². The first-order valence-corrected chi connectivity index (χ1v) is 6.06. The molecule has 0 radical (unpaired) electrons. The van der Waals surface area contributed by atoms with E-state index in [0.29, 0.717) is 0 Å². The van der Waals surface area contributed by atoms with Crippen LogP contribution in [0.2, 0.25) is 0 Å². The summed E-state index contributed by atoms with van der Waals surface area (Å²) in [5.74, 6) is 2.41. The molecule has 0 atom stereocenters. The van der Waals surface area contributed by atoms with E-state index in [9.17, 15) is 0 Å². The molecule has 0 spiro atoms. The molecule has 17 heavy (non-hydrogen) atoms. The minimum atomic E-state index is 0.773. The van der Waals surface area contributed by atoms with Crippen LogP contribution in [0.4, 0.5) is 5.82 Å². The van der Waals surface area contributed by atoms with Gasteiger partial charge in [-0.1, -0.05) is 15.9 Å². The molecule has 1 aromatic heterocycles.